The van der Waals surface area contributed by atoms with E-state index in [1.807, 2.05) is 6.07 Å². The fourth-order valence-corrected chi connectivity index (χ4v) is 2.70. The van der Waals surface area contributed by atoms with Crippen molar-refractivity contribution >= 4 is 22.4 Å². The number of nitrogens with zero attached hydrogens (tertiary/aromatic N) is 1. The van der Waals surface area contributed by atoms with Gasteiger partial charge in [0.1, 0.15) is 0 Å². The summed E-state index contributed by atoms with van der Waals surface area (Å²) in [6.07, 6.45) is 4.01. The summed E-state index contributed by atoms with van der Waals surface area (Å²) in [4.78, 5) is 16.2. The third-order valence-electron chi connectivity index (χ3n) is 2.80. The molecule has 1 amide bonds. The maximum atomic E-state index is 10.9. The Morgan fingerprint density at radius 2 is 2.10 bits per heavy atom. The van der Waals surface area contributed by atoms with Crippen LogP contribution in [-0.4, -0.2) is 17.4 Å². The quantitative estimate of drug-likeness (QED) is 0.771. The van der Waals surface area contributed by atoms with E-state index in [2.05, 4.69) is 39.9 Å². The van der Waals surface area contributed by atoms with Crippen LogP contribution in [0.5, 0.6) is 0 Å². The van der Waals surface area contributed by atoms with Crippen molar-refractivity contribution in [2.75, 3.05) is 11.9 Å². The van der Waals surface area contributed by atoms with E-state index < -0.39 is 0 Å². The molecule has 0 unspecified atom stereocenters. The lowest BCUT2D eigenvalue weighted by Crippen LogP contribution is -2.14. The van der Waals surface area contributed by atoms with E-state index >= 15 is 0 Å². The molecule has 2 aromatic rings. The third kappa shape index (κ3) is 5.11. The number of hydrogen-bond donors (Lipinski definition) is 2. The van der Waals surface area contributed by atoms with E-state index in [1.165, 1.54) is 23.8 Å². The number of carbonyl (C=O) groups is 1. The van der Waals surface area contributed by atoms with Crippen molar-refractivity contribution in [3.63, 3.8) is 0 Å². The van der Waals surface area contributed by atoms with Crippen LogP contribution in [0.2, 0.25) is 0 Å². The Bertz CT molecular complexity index is 539. The summed E-state index contributed by atoms with van der Waals surface area (Å²) in [5.74, 6) is -0.0817. The van der Waals surface area contributed by atoms with Gasteiger partial charge in [0, 0.05) is 24.5 Å². The Kier molecular flexibility index (Phi) is 5.70. The van der Waals surface area contributed by atoms with Gasteiger partial charge in [0.2, 0.25) is 5.91 Å². The molecule has 0 atom stereocenters. The van der Waals surface area contributed by atoms with Crippen molar-refractivity contribution in [3.8, 4) is 0 Å². The summed E-state index contributed by atoms with van der Waals surface area (Å²) in [7, 11) is 0. The van der Waals surface area contributed by atoms with E-state index in [1.54, 1.807) is 6.20 Å². The minimum Gasteiger partial charge on any atom is -0.312 e. The SMILES string of the molecule is CC(=O)Nc1ncc(CNCCCc2ccccc2)s1. The second-order valence-corrected chi connectivity index (χ2v) is 5.69. The van der Waals surface area contributed by atoms with Gasteiger partial charge in [-0.2, -0.15) is 0 Å². The Balaban J connectivity index is 1.63. The molecular formula is C15H19N3OS. The molecule has 0 aliphatic carbocycles. The predicted octanol–water partition coefficient (Wildman–Crippen LogP) is 2.82. The Hall–Kier alpha value is -1.72. The van der Waals surface area contributed by atoms with E-state index in [-0.39, 0.29) is 5.91 Å². The molecule has 0 fully saturated rings. The zero-order valence-electron chi connectivity index (χ0n) is 11.6. The van der Waals surface area contributed by atoms with Crippen LogP contribution in [0.15, 0.2) is 36.5 Å². The average molecular weight is 289 g/mol. The topological polar surface area (TPSA) is 54.0 Å². The Labute approximate surface area is 123 Å². The number of hydrogen-bond acceptors (Lipinski definition) is 4. The molecule has 2 N–H and O–H groups in total. The lowest BCUT2D eigenvalue weighted by molar-refractivity contribution is -0.114. The minimum absolute atomic E-state index is 0.0817. The minimum atomic E-state index is -0.0817. The number of benzene rings is 1. The van der Waals surface area contributed by atoms with Gasteiger partial charge >= 0.3 is 0 Å². The molecule has 2 rings (SSSR count). The van der Waals surface area contributed by atoms with Crippen LogP contribution in [0, 0.1) is 0 Å². The smallest absolute Gasteiger partial charge is 0.223 e. The van der Waals surface area contributed by atoms with Gasteiger partial charge < -0.3 is 10.6 Å². The molecule has 0 aliphatic rings. The van der Waals surface area contributed by atoms with Gasteiger partial charge in [-0.15, -0.1) is 11.3 Å². The molecule has 0 saturated carbocycles. The van der Waals surface area contributed by atoms with Gasteiger partial charge in [-0.25, -0.2) is 4.98 Å². The molecule has 5 heteroatoms. The van der Waals surface area contributed by atoms with Gasteiger partial charge in [0.15, 0.2) is 5.13 Å². The number of aromatic nitrogens is 1. The first-order chi connectivity index (χ1) is 9.74. The first-order valence-corrected chi connectivity index (χ1v) is 7.52. The van der Waals surface area contributed by atoms with Crippen molar-refractivity contribution in [1.29, 1.82) is 0 Å². The second-order valence-electron chi connectivity index (χ2n) is 4.58. The molecule has 1 aromatic heterocycles. The lowest BCUT2D eigenvalue weighted by Gasteiger charge is -2.03. The van der Waals surface area contributed by atoms with Crippen molar-refractivity contribution in [2.24, 2.45) is 0 Å². The molecule has 0 aliphatic heterocycles. The van der Waals surface area contributed by atoms with Crippen LogP contribution in [0.1, 0.15) is 23.8 Å². The Morgan fingerprint density at radius 3 is 2.85 bits per heavy atom. The van der Waals surface area contributed by atoms with Crippen molar-refractivity contribution in [3.05, 3.63) is 47.0 Å². The summed E-state index contributed by atoms with van der Waals surface area (Å²) in [5, 5.41) is 6.75. The highest BCUT2D eigenvalue weighted by Crippen LogP contribution is 2.17. The summed E-state index contributed by atoms with van der Waals surface area (Å²) < 4.78 is 0. The van der Waals surface area contributed by atoms with Crippen LogP contribution in [0.25, 0.3) is 0 Å². The fourth-order valence-electron chi connectivity index (χ4n) is 1.87. The van der Waals surface area contributed by atoms with Crippen molar-refractivity contribution < 1.29 is 4.79 Å². The number of thiazole rings is 1. The summed E-state index contributed by atoms with van der Waals surface area (Å²) in [6, 6.07) is 10.5. The van der Waals surface area contributed by atoms with Gasteiger partial charge in [-0.3, -0.25) is 4.79 Å². The van der Waals surface area contributed by atoms with Crippen LogP contribution >= 0.6 is 11.3 Å². The maximum absolute atomic E-state index is 10.9. The number of aryl methyl sites for hydroxylation is 1. The van der Waals surface area contributed by atoms with Crippen molar-refractivity contribution in [1.82, 2.24) is 10.3 Å². The molecular weight excluding hydrogens is 270 g/mol. The number of amides is 1. The molecule has 1 aromatic carbocycles. The number of anilines is 1. The average Bonchev–Trinajstić information content (AvgIpc) is 2.86. The number of carbonyl (C=O) groups excluding carboxylic acids is 1. The lowest BCUT2D eigenvalue weighted by atomic mass is 10.1. The van der Waals surface area contributed by atoms with Gasteiger partial charge in [0.05, 0.1) is 0 Å². The van der Waals surface area contributed by atoms with E-state index in [0.717, 1.165) is 30.8 Å². The first-order valence-electron chi connectivity index (χ1n) is 6.71. The van der Waals surface area contributed by atoms with E-state index in [9.17, 15) is 4.79 Å². The molecule has 0 bridgehead atoms. The number of nitrogens with one attached hydrogen (secondary N) is 2. The monoisotopic (exact) mass is 289 g/mol. The molecule has 0 saturated heterocycles. The third-order valence-corrected chi connectivity index (χ3v) is 3.71. The molecule has 0 radical (unpaired) electrons. The highest BCUT2D eigenvalue weighted by atomic mass is 32.1. The van der Waals surface area contributed by atoms with Crippen molar-refractivity contribution in [2.45, 2.75) is 26.3 Å². The van der Waals surface area contributed by atoms with Crippen LogP contribution in [0.3, 0.4) is 0 Å². The standard InChI is InChI=1S/C15H19N3OS/c1-12(19)18-15-17-11-14(20-15)10-16-9-5-8-13-6-3-2-4-7-13/h2-4,6-7,11,16H,5,8-10H2,1H3,(H,17,18,19). The Morgan fingerprint density at radius 1 is 1.30 bits per heavy atom. The maximum Gasteiger partial charge on any atom is 0.223 e. The molecule has 0 spiro atoms. The normalized spacial score (nSPS) is 10.4. The highest BCUT2D eigenvalue weighted by Gasteiger charge is 2.02. The van der Waals surface area contributed by atoms with Crippen LogP contribution in [-0.2, 0) is 17.8 Å². The summed E-state index contributed by atoms with van der Waals surface area (Å²) >= 11 is 1.51. The first kappa shape index (κ1) is 14.7. The molecule has 4 nitrogen and oxygen atoms in total. The summed E-state index contributed by atoms with van der Waals surface area (Å²) in [6.45, 7) is 3.26. The van der Waals surface area contributed by atoms with Gasteiger partial charge in [0.25, 0.3) is 0 Å². The largest absolute Gasteiger partial charge is 0.312 e. The van der Waals surface area contributed by atoms with E-state index in [0.29, 0.717) is 5.13 Å². The zero-order valence-corrected chi connectivity index (χ0v) is 12.4. The fraction of sp³-hybridized carbons (Fsp3) is 0.333. The predicted molar refractivity (Wildman–Crippen MR) is 82.9 cm³/mol. The van der Waals surface area contributed by atoms with Crippen LogP contribution < -0.4 is 10.6 Å². The van der Waals surface area contributed by atoms with E-state index in [4.69, 9.17) is 0 Å². The molecule has 1 heterocycles. The highest BCUT2D eigenvalue weighted by molar-refractivity contribution is 7.15. The molecule has 106 valence electrons. The number of rotatable bonds is 7. The van der Waals surface area contributed by atoms with Crippen LogP contribution in [0.4, 0.5) is 5.13 Å². The van der Waals surface area contributed by atoms with Gasteiger partial charge in [-0.1, -0.05) is 30.3 Å². The zero-order chi connectivity index (χ0) is 14.2. The molecule has 20 heavy (non-hydrogen) atoms. The summed E-state index contributed by atoms with van der Waals surface area (Å²) in [5.41, 5.74) is 1.38. The van der Waals surface area contributed by atoms with Gasteiger partial charge in [-0.05, 0) is 24.9 Å². The second kappa shape index (κ2) is 7.77.